The fraction of sp³-hybridized carbons (Fsp3) is 0.211. The van der Waals surface area contributed by atoms with Crippen LogP contribution in [0.25, 0.3) is 11.1 Å². The molecule has 1 aromatic heterocycles. The van der Waals surface area contributed by atoms with Gasteiger partial charge in [-0.2, -0.15) is 13.2 Å². The summed E-state index contributed by atoms with van der Waals surface area (Å²) in [5, 5.41) is 0.466. The number of rotatable bonds is 5. The molecule has 0 aliphatic heterocycles. The minimum Gasteiger partial charge on any atom is -0.373 e. The van der Waals surface area contributed by atoms with Gasteiger partial charge in [0.1, 0.15) is 5.15 Å². The van der Waals surface area contributed by atoms with Crippen molar-refractivity contribution in [2.75, 3.05) is 18.5 Å². The van der Waals surface area contributed by atoms with E-state index in [9.17, 15) is 13.2 Å². The highest BCUT2D eigenvalue weighted by molar-refractivity contribution is 6.29. The second-order valence-corrected chi connectivity index (χ2v) is 6.37. The van der Waals surface area contributed by atoms with Gasteiger partial charge in [-0.25, -0.2) is 4.98 Å². The molecule has 0 radical (unpaired) electrons. The summed E-state index contributed by atoms with van der Waals surface area (Å²) in [7, 11) is 1.98. The number of hydrogen-bond acceptors (Lipinski definition) is 2. The van der Waals surface area contributed by atoms with Crippen LogP contribution in [-0.2, 0) is 12.7 Å². The SMILES string of the molecule is CN(CCn1cnc(Cl)c1)c1ccc(-c2ccc(C(F)(F)F)cc2)cc1. The predicted molar refractivity (Wildman–Crippen MR) is 97.4 cm³/mol. The van der Waals surface area contributed by atoms with Crippen LogP contribution < -0.4 is 4.90 Å². The van der Waals surface area contributed by atoms with Crippen LogP contribution >= 0.6 is 11.6 Å². The summed E-state index contributed by atoms with van der Waals surface area (Å²) in [5.41, 5.74) is 2.00. The average molecular weight is 380 g/mol. The minimum atomic E-state index is -4.31. The van der Waals surface area contributed by atoms with Gasteiger partial charge in [0.05, 0.1) is 11.9 Å². The van der Waals surface area contributed by atoms with Gasteiger partial charge in [-0.15, -0.1) is 0 Å². The summed E-state index contributed by atoms with van der Waals surface area (Å²) in [4.78, 5) is 6.06. The van der Waals surface area contributed by atoms with Crippen LogP contribution in [0.4, 0.5) is 18.9 Å². The Hall–Kier alpha value is -2.47. The van der Waals surface area contributed by atoms with Crippen molar-refractivity contribution < 1.29 is 13.2 Å². The van der Waals surface area contributed by atoms with Gasteiger partial charge in [-0.05, 0) is 35.4 Å². The molecule has 1 heterocycles. The van der Waals surface area contributed by atoms with E-state index in [1.807, 2.05) is 35.9 Å². The molecule has 26 heavy (non-hydrogen) atoms. The zero-order chi connectivity index (χ0) is 18.7. The monoisotopic (exact) mass is 379 g/mol. The van der Waals surface area contributed by atoms with Gasteiger partial charge in [0.15, 0.2) is 0 Å². The molecule has 0 N–H and O–H groups in total. The van der Waals surface area contributed by atoms with Crippen LogP contribution in [0.15, 0.2) is 61.1 Å². The summed E-state index contributed by atoms with van der Waals surface area (Å²) in [6.07, 6.45) is -0.864. The Morgan fingerprint density at radius 2 is 1.58 bits per heavy atom. The van der Waals surface area contributed by atoms with Crippen LogP contribution in [0.3, 0.4) is 0 Å². The largest absolute Gasteiger partial charge is 0.416 e. The van der Waals surface area contributed by atoms with Crippen molar-refractivity contribution in [1.82, 2.24) is 9.55 Å². The number of hydrogen-bond donors (Lipinski definition) is 0. The summed E-state index contributed by atoms with van der Waals surface area (Å²) in [5.74, 6) is 0. The maximum absolute atomic E-state index is 12.6. The van der Waals surface area contributed by atoms with E-state index in [1.165, 1.54) is 12.1 Å². The van der Waals surface area contributed by atoms with Crippen molar-refractivity contribution in [3.63, 3.8) is 0 Å². The Kier molecular flexibility index (Phi) is 5.23. The lowest BCUT2D eigenvalue weighted by Gasteiger charge is -2.20. The third kappa shape index (κ3) is 4.38. The quantitative estimate of drug-likeness (QED) is 0.595. The predicted octanol–water partition coefficient (Wildman–Crippen LogP) is 5.36. The Morgan fingerprint density at radius 3 is 2.08 bits per heavy atom. The van der Waals surface area contributed by atoms with Crippen molar-refractivity contribution in [3.8, 4) is 11.1 Å². The fourth-order valence-electron chi connectivity index (χ4n) is 2.61. The molecule has 2 aromatic carbocycles. The number of nitrogens with zero attached hydrogens (tertiary/aromatic N) is 3. The number of anilines is 1. The van der Waals surface area contributed by atoms with Crippen LogP contribution in [0.2, 0.25) is 5.15 Å². The highest BCUT2D eigenvalue weighted by Gasteiger charge is 2.29. The van der Waals surface area contributed by atoms with E-state index in [4.69, 9.17) is 11.6 Å². The highest BCUT2D eigenvalue weighted by Crippen LogP contribution is 2.31. The molecule has 3 rings (SSSR count). The summed E-state index contributed by atoms with van der Waals surface area (Å²) in [6, 6.07) is 12.9. The molecule has 7 heteroatoms. The van der Waals surface area contributed by atoms with Crippen LogP contribution in [0.1, 0.15) is 5.56 Å². The van der Waals surface area contributed by atoms with Gasteiger partial charge in [0.25, 0.3) is 0 Å². The van der Waals surface area contributed by atoms with E-state index >= 15 is 0 Å². The van der Waals surface area contributed by atoms with Gasteiger partial charge in [0.2, 0.25) is 0 Å². The number of imidazole rings is 1. The number of halogens is 4. The summed E-state index contributed by atoms with van der Waals surface area (Å²) >= 11 is 5.80. The first kappa shape index (κ1) is 18.3. The molecule has 0 amide bonds. The second-order valence-electron chi connectivity index (χ2n) is 5.98. The number of benzene rings is 2. The molecule has 0 aliphatic carbocycles. The van der Waals surface area contributed by atoms with E-state index in [-0.39, 0.29) is 0 Å². The van der Waals surface area contributed by atoms with Crippen LogP contribution in [-0.4, -0.2) is 23.1 Å². The normalized spacial score (nSPS) is 11.6. The van der Waals surface area contributed by atoms with Gasteiger partial charge in [-0.1, -0.05) is 35.9 Å². The first-order chi connectivity index (χ1) is 12.3. The molecule has 0 atom stereocenters. The van der Waals surface area contributed by atoms with Crippen LogP contribution in [0, 0.1) is 0 Å². The van der Waals surface area contributed by atoms with Gasteiger partial charge in [-0.3, -0.25) is 0 Å². The molecule has 0 unspecified atom stereocenters. The molecule has 0 spiro atoms. The summed E-state index contributed by atoms with van der Waals surface area (Å²) < 4.78 is 39.8. The lowest BCUT2D eigenvalue weighted by atomic mass is 10.0. The molecule has 0 aliphatic rings. The minimum absolute atomic E-state index is 0.466. The molecule has 3 aromatic rings. The first-order valence-electron chi connectivity index (χ1n) is 7.99. The standard InChI is InChI=1S/C19H17ClF3N3/c1-25(10-11-26-12-18(20)24-13-26)17-8-4-15(5-9-17)14-2-6-16(7-3-14)19(21,22)23/h2-9,12-13H,10-11H2,1H3. The zero-order valence-electron chi connectivity index (χ0n) is 14.0. The first-order valence-corrected chi connectivity index (χ1v) is 8.37. The lowest BCUT2D eigenvalue weighted by molar-refractivity contribution is -0.137. The van der Waals surface area contributed by atoms with Crippen molar-refractivity contribution in [2.45, 2.75) is 12.7 Å². The Balaban J connectivity index is 1.65. The van der Waals surface area contributed by atoms with Gasteiger partial charge in [0, 0.05) is 32.0 Å². The van der Waals surface area contributed by atoms with Crippen molar-refractivity contribution >= 4 is 17.3 Å². The van der Waals surface area contributed by atoms with E-state index in [0.29, 0.717) is 5.15 Å². The highest BCUT2D eigenvalue weighted by atomic mass is 35.5. The molecule has 136 valence electrons. The average Bonchev–Trinajstić information content (AvgIpc) is 3.04. The molecular weight excluding hydrogens is 363 g/mol. The van der Waals surface area contributed by atoms with Crippen molar-refractivity contribution in [3.05, 3.63) is 71.8 Å². The molecular formula is C19H17ClF3N3. The molecule has 0 bridgehead atoms. The topological polar surface area (TPSA) is 21.1 Å². The molecule has 0 fully saturated rings. The lowest BCUT2D eigenvalue weighted by Crippen LogP contribution is -2.22. The molecule has 0 saturated heterocycles. The van der Waals surface area contributed by atoms with E-state index < -0.39 is 11.7 Å². The molecule has 0 saturated carbocycles. The third-order valence-corrected chi connectivity index (χ3v) is 4.34. The maximum atomic E-state index is 12.6. The van der Waals surface area contributed by atoms with Gasteiger partial charge >= 0.3 is 6.18 Å². The Morgan fingerprint density at radius 1 is 1.00 bits per heavy atom. The second kappa shape index (κ2) is 7.41. The smallest absolute Gasteiger partial charge is 0.373 e. The van der Waals surface area contributed by atoms with Crippen LogP contribution in [0.5, 0.6) is 0 Å². The number of likely N-dealkylation sites (N-methyl/N-ethyl adjacent to an activating group) is 1. The third-order valence-electron chi connectivity index (χ3n) is 4.15. The molecule has 3 nitrogen and oxygen atoms in total. The maximum Gasteiger partial charge on any atom is 0.416 e. The van der Waals surface area contributed by atoms with E-state index in [1.54, 1.807) is 12.5 Å². The van der Waals surface area contributed by atoms with Crippen molar-refractivity contribution in [2.24, 2.45) is 0 Å². The van der Waals surface area contributed by atoms with E-state index in [2.05, 4.69) is 9.88 Å². The zero-order valence-corrected chi connectivity index (χ0v) is 14.8. The van der Waals surface area contributed by atoms with Gasteiger partial charge < -0.3 is 9.47 Å². The number of aromatic nitrogens is 2. The number of alkyl halides is 3. The summed E-state index contributed by atoms with van der Waals surface area (Å²) in [6.45, 7) is 1.52. The fourth-order valence-corrected chi connectivity index (χ4v) is 2.78. The van der Waals surface area contributed by atoms with Crippen molar-refractivity contribution in [1.29, 1.82) is 0 Å². The van der Waals surface area contributed by atoms with E-state index in [0.717, 1.165) is 42.0 Å². The Labute approximate surface area is 154 Å². The Bertz CT molecular complexity index is 855.